The Bertz CT molecular complexity index is 347. The lowest BCUT2D eigenvalue weighted by Gasteiger charge is -2.48. The van der Waals surface area contributed by atoms with E-state index in [0.29, 0.717) is 30.0 Å². The quantitative estimate of drug-likeness (QED) is 0.650. The van der Waals surface area contributed by atoms with Crippen LogP contribution in [0.25, 0.3) is 0 Å². The molecule has 0 saturated heterocycles. The van der Waals surface area contributed by atoms with E-state index in [1.165, 1.54) is 50.2 Å². The maximum absolute atomic E-state index is 9.64. The van der Waals surface area contributed by atoms with Crippen LogP contribution < -0.4 is 0 Å². The summed E-state index contributed by atoms with van der Waals surface area (Å²) in [7, 11) is -1.50. The van der Waals surface area contributed by atoms with Crippen LogP contribution in [0.3, 0.4) is 0 Å². The van der Waals surface area contributed by atoms with Crippen molar-refractivity contribution in [3.8, 4) is 0 Å². The Morgan fingerprint density at radius 3 is 2.32 bits per heavy atom. The topological polar surface area (TPSA) is 29.5 Å². The lowest BCUT2D eigenvalue weighted by Crippen LogP contribution is -2.48. The van der Waals surface area contributed by atoms with E-state index in [2.05, 4.69) is 34.6 Å². The number of aliphatic hydroxyl groups is 1. The van der Waals surface area contributed by atoms with E-state index in [9.17, 15) is 5.11 Å². The Morgan fingerprint density at radius 2 is 1.77 bits per heavy atom. The minimum Gasteiger partial charge on any atom is -0.414 e. The zero-order valence-corrected chi connectivity index (χ0v) is 16.5. The molecule has 0 aliphatic heterocycles. The lowest BCUT2D eigenvalue weighted by atomic mass is 9.62. The fourth-order valence-electron chi connectivity index (χ4n) is 5.68. The van der Waals surface area contributed by atoms with Crippen LogP contribution in [-0.4, -0.2) is 26.1 Å². The number of hydrogen-bond donors (Lipinski definition) is 1. The van der Waals surface area contributed by atoms with Crippen molar-refractivity contribution in [3.05, 3.63) is 0 Å². The van der Waals surface area contributed by atoms with Gasteiger partial charge >= 0.3 is 0 Å². The van der Waals surface area contributed by atoms with Gasteiger partial charge in [-0.2, -0.15) is 0 Å². The molecular weight excluding hydrogens is 288 g/mol. The molecule has 2 unspecified atom stereocenters. The fourth-order valence-corrected chi connectivity index (χ4v) is 8.61. The number of rotatable bonds is 7. The molecule has 0 heterocycles. The highest BCUT2D eigenvalue weighted by Crippen LogP contribution is 2.58. The third-order valence-corrected chi connectivity index (χ3v) is 12.1. The molecule has 130 valence electrons. The van der Waals surface area contributed by atoms with Gasteiger partial charge in [-0.1, -0.05) is 41.0 Å². The molecule has 2 nitrogen and oxygen atoms in total. The summed E-state index contributed by atoms with van der Waals surface area (Å²) < 4.78 is 6.94. The van der Waals surface area contributed by atoms with Gasteiger partial charge in [-0.3, -0.25) is 0 Å². The third-order valence-electron chi connectivity index (χ3n) is 7.44. The Morgan fingerprint density at radius 1 is 1.14 bits per heavy atom. The van der Waals surface area contributed by atoms with Gasteiger partial charge in [0.15, 0.2) is 8.32 Å². The monoisotopic (exact) mass is 326 g/mol. The van der Waals surface area contributed by atoms with Gasteiger partial charge in [0.2, 0.25) is 0 Å². The first-order valence-electron chi connectivity index (χ1n) is 9.75. The van der Waals surface area contributed by atoms with Crippen molar-refractivity contribution in [2.24, 2.45) is 23.2 Å². The summed E-state index contributed by atoms with van der Waals surface area (Å²) >= 11 is 0. The Balaban J connectivity index is 2.16. The minimum atomic E-state index is -1.50. The Kier molecular flexibility index (Phi) is 6.18. The fraction of sp³-hybridized carbons (Fsp3) is 1.00. The first-order valence-corrected chi connectivity index (χ1v) is 12.3. The van der Waals surface area contributed by atoms with Gasteiger partial charge in [0.05, 0.1) is 0 Å². The number of fused-ring (bicyclic) bond motifs is 1. The van der Waals surface area contributed by atoms with Gasteiger partial charge in [-0.25, -0.2) is 0 Å². The molecule has 0 aromatic heterocycles. The molecule has 0 aromatic rings. The van der Waals surface area contributed by atoms with E-state index in [0.717, 1.165) is 5.92 Å². The first kappa shape index (κ1) is 18.5. The van der Waals surface area contributed by atoms with Crippen molar-refractivity contribution in [1.29, 1.82) is 0 Å². The Labute approximate surface area is 139 Å². The standard InChI is InChI=1S/C19H38O2Si/c1-6-22(7-2,8-3)21-18-10-9-13-19(5)16(15(4)14-20)11-12-17(18)19/h15-18,20H,6-14H2,1-5H3/t15-,16-,17?,18?,19-/m1/s1. The summed E-state index contributed by atoms with van der Waals surface area (Å²) in [6.07, 6.45) is 7.04. The second-order valence-corrected chi connectivity index (χ2v) is 13.0. The van der Waals surface area contributed by atoms with E-state index in [-0.39, 0.29) is 0 Å². The van der Waals surface area contributed by atoms with E-state index in [4.69, 9.17) is 4.43 Å². The van der Waals surface area contributed by atoms with Gasteiger partial charge in [0.25, 0.3) is 0 Å². The van der Waals surface area contributed by atoms with Crippen molar-refractivity contribution in [3.63, 3.8) is 0 Å². The zero-order chi connectivity index (χ0) is 16.4. The largest absolute Gasteiger partial charge is 0.414 e. The maximum atomic E-state index is 9.64. The van der Waals surface area contributed by atoms with E-state index >= 15 is 0 Å². The first-order chi connectivity index (χ1) is 10.5. The van der Waals surface area contributed by atoms with Gasteiger partial charge < -0.3 is 9.53 Å². The van der Waals surface area contributed by atoms with E-state index < -0.39 is 8.32 Å². The predicted molar refractivity (Wildman–Crippen MR) is 96.5 cm³/mol. The van der Waals surface area contributed by atoms with Crippen LogP contribution in [0.2, 0.25) is 18.1 Å². The number of hydrogen-bond acceptors (Lipinski definition) is 2. The summed E-state index contributed by atoms with van der Waals surface area (Å²) in [5.41, 5.74) is 0.403. The predicted octanol–water partition coefficient (Wildman–Crippen LogP) is 5.22. The molecule has 0 bridgehead atoms. The van der Waals surface area contributed by atoms with Crippen molar-refractivity contribution in [1.82, 2.24) is 0 Å². The highest BCUT2D eigenvalue weighted by atomic mass is 28.4. The summed E-state index contributed by atoms with van der Waals surface area (Å²) in [4.78, 5) is 0. The Hall–Kier alpha value is 0.137. The molecule has 0 amide bonds. The van der Waals surface area contributed by atoms with Crippen molar-refractivity contribution >= 4 is 8.32 Å². The normalized spacial score (nSPS) is 37.1. The van der Waals surface area contributed by atoms with Gasteiger partial charge in [-0.15, -0.1) is 0 Å². The van der Waals surface area contributed by atoms with Crippen molar-refractivity contribution in [2.45, 2.75) is 91.0 Å². The van der Waals surface area contributed by atoms with Crippen LogP contribution >= 0.6 is 0 Å². The van der Waals surface area contributed by atoms with Crippen molar-refractivity contribution < 1.29 is 9.53 Å². The SMILES string of the molecule is CC[Si](CC)(CC)OC1CCC[C@@]2(C)C1CC[C@@H]2[C@H](C)CO. The molecule has 2 aliphatic carbocycles. The highest BCUT2D eigenvalue weighted by molar-refractivity contribution is 6.73. The molecule has 22 heavy (non-hydrogen) atoms. The molecule has 0 spiro atoms. The van der Waals surface area contributed by atoms with Crippen LogP contribution in [-0.2, 0) is 4.43 Å². The van der Waals surface area contributed by atoms with Crippen LogP contribution in [0.5, 0.6) is 0 Å². The van der Waals surface area contributed by atoms with Crippen LogP contribution in [0.15, 0.2) is 0 Å². The molecule has 3 heteroatoms. The summed E-state index contributed by atoms with van der Waals surface area (Å²) in [5, 5.41) is 9.64. The van der Waals surface area contributed by atoms with E-state index in [1.54, 1.807) is 0 Å². The molecule has 5 atom stereocenters. The molecule has 1 N–H and O–H groups in total. The van der Waals surface area contributed by atoms with Crippen molar-refractivity contribution in [2.75, 3.05) is 6.61 Å². The summed E-state index contributed by atoms with van der Waals surface area (Å²) in [6.45, 7) is 12.1. The zero-order valence-electron chi connectivity index (χ0n) is 15.5. The van der Waals surface area contributed by atoms with Gasteiger partial charge in [-0.05, 0) is 67.0 Å². The molecule has 0 radical (unpaired) electrons. The average Bonchev–Trinajstić information content (AvgIpc) is 2.90. The highest BCUT2D eigenvalue weighted by Gasteiger charge is 2.53. The summed E-state index contributed by atoms with van der Waals surface area (Å²) in [5.74, 6) is 1.87. The van der Waals surface area contributed by atoms with Crippen LogP contribution in [0, 0.1) is 23.2 Å². The van der Waals surface area contributed by atoms with Crippen LogP contribution in [0.1, 0.15) is 66.7 Å². The molecule has 2 saturated carbocycles. The minimum absolute atomic E-state index is 0.343. The average molecular weight is 327 g/mol. The third kappa shape index (κ3) is 3.18. The maximum Gasteiger partial charge on any atom is 0.192 e. The molecule has 2 fully saturated rings. The second kappa shape index (κ2) is 7.35. The molecule has 0 aromatic carbocycles. The summed E-state index contributed by atoms with van der Waals surface area (Å²) in [6, 6.07) is 3.78. The molecule has 2 rings (SSSR count). The lowest BCUT2D eigenvalue weighted by molar-refractivity contribution is -0.0251. The molecule has 2 aliphatic rings. The van der Waals surface area contributed by atoms with E-state index in [1.807, 2.05) is 0 Å². The second-order valence-electron chi connectivity index (χ2n) is 8.25. The van der Waals surface area contributed by atoms with Gasteiger partial charge in [0.1, 0.15) is 0 Å². The smallest absolute Gasteiger partial charge is 0.192 e. The van der Waals surface area contributed by atoms with Gasteiger partial charge in [0, 0.05) is 12.7 Å². The van der Waals surface area contributed by atoms with Crippen LogP contribution in [0.4, 0.5) is 0 Å². The molecular formula is C19H38O2Si. The number of aliphatic hydroxyl groups excluding tert-OH is 1.